The van der Waals surface area contributed by atoms with Crippen LogP contribution in [0.25, 0.3) is 0 Å². The summed E-state index contributed by atoms with van der Waals surface area (Å²) in [7, 11) is -4.30. The molecule has 0 radical (unpaired) electrons. The summed E-state index contributed by atoms with van der Waals surface area (Å²) in [4.78, 5) is 29.9. The van der Waals surface area contributed by atoms with Crippen LogP contribution in [0.2, 0.25) is 36.3 Å². The average molecular weight is 1040 g/mol. The van der Waals surface area contributed by atoms with Gasteiger partial charge in [-0.2, -0.15) is 0 Å². The summed E-state index contributed by atoms with van der Waals surface area (Å²) in [5, 5.41) is 14.2. The van der Waals surface area contributed by atoms with Crippen LogP contribution in [-0.2, 0) is 31.4 Å². The largest absolute Gasteiger partial charge is 0.489 e. The quantitative estimate of drug-likeness (QED) is 0.0506. The van der Waals surface area contributed by atoms with E-state index < -0.39 is 39.8 Å². The fourth-order valence-electron chi connectivity index (χ4n) is 8.88. The monoisotopic (exact) mass is 1040 g/mol. The van der Waals surface area contributed by atoms with Gasteiger partial charge in [-0.3, -0.25) is 4.90 Å². The number of carbonyl (C=O) groups excluding carboxylic acids is 1. The Hall–Kier alpha value is -2.71. The van der Waals surface area contributed by atoms with Crippen molar-refractivity contribution < 1.29 is 33.0 Å². The fourth-order valence-corrected chi connectivity index (χ4v) is 11.6. The third kappa shape index (κ3) is 26.7. The Kier molecular flexibility index (Phi) is 29.7. The van der Waals surface area contributed by atoms with Crippen molar-refractivity contribution in [2.75, 3.05) is 19.6 Å². The number of carbonyl (C=O) groups is 2. The van der Waals surface area contributed by atoms with E-state index in [0.29, 0.717) is 26.0 Å². The number of alkyl carbamates (subject to hydrolysis) is 1. The first-order valence-electron chi connectivity index (χ1n) is 28.8. The lowest BCUT2D eigenvalue weighted by molar-refractivity contribution is -0.145. The first-order chi connectivity index (χ1) is 33.7. The minimum atomic E-state index is -2.15. The molecule has 0 aliphatic carbocycles. The molecule has 0 bridgehead atoms. The average Bonchev–Trinajstić information content (AvgIpc) is 3.28. The van der Waals surface area contributed by atoms with E-state index in [0.717, 1.165) is 55.6 Å². The third-order valence-electron chi connectivity index (χ3n) is 15.5. The van der Waals surface area contributed by atoms with Gasteiger partial charge >= 0.3 is 12.1 Å². The molecule has 0 saturated carbocycles. The SMILES string of the molecule is CCCCCCCCCCC(CN(CCC[C@](CCc1ccc(OCc2ccccc2)cc1)(NC(=O)OC(C)(C)C)C(=O)O)CC(CCCCCCCCCC)O[Si](C)(C)C(C)(C)C)O[Si](C)(C)C(C)(C)C. The van der Waals surface area contributed by atoms with E-state index in [1.807, 2.05) is 54.6 Å². The smallest absolute Gasteiger partial charge is 0.408 e. The van der Waals surface area contributed by atoms with Crippen LogP contribution in [0.4, 0.5) is 4.79 Å². The van der Waals surface area contributed by atoms with Gasteiger partial charge in [0.15, 0.2) is 16.6 Å². The first-order valence-corrected chi connectivity index (χ1v) is 34.6. The number of benzene rings is 2. The van der Waals surface area contributed by atoms with Gasteiger partial charge < -0.3 is 28.7 Å². The van der Waals surface area contributed by atoms with Gasteiger partial charge in [-0.15, -0.1) is 0 Å². The van der Waals surface area contributed by atoms with Crippen LogP contribution in [0, 0.1) is 0 Å². The molecule has 3 atom stereocenters. The van der Waals surface area contributed by atoms with Crippen molar-refractivity contribution in [3.05, 3.63) is 65.7 Å². The predicted octanol–water partition coefficient (Wildman–Crippen LogP) is 17.5. The maximum atomic E-state index is 13.7. The van der Waals surface area contributed by atoms with Gasteiger partial charge in [0, 0.05) is 13.1 Å². The number of aliphatic carboxylic acids is 1. The molecule has 72 heavy (non-hydrogen) atoms. The normalized spacial score (nSPS) is 14.5. The number of aryl methyl sites for hydroxylation is 1. The van der Waals surface area contributed by atoms with Crippen molar-refractivity contribution in [2.45, 2.75) is 284 Å². The molecule has 0 fully saturated rings. The molecule has 0 aliphatic rings. The molecule has 2 unspecified atom stereocenters. The summed E-state index contributed by atoms with van der Waals surface area (Å²) >= 11 is 0. The maximum absolute atomic E-state index is 13.7. The Balaban J connectivity index is 2.52. The molecule has 9 nitrogen and oxygen atoms in total. The Morgan fingerprint density at radius 3 is 1.44 bits per heavy atom. The molecule has 414 valence electrons. The van der Waals surface area contributed by atoms with Gasteiger partial charge in [0.25, 0.3) is 0 Å². The topological polar surface area (TPSA) is 107 Å². The molecule has 2 aromatic rings. The molecule has 1 amide bonds. The number of hydrogen-bond acceptors (Lipinski definition) is 7. The molecular weight excluding hydrogens is 929 g/mol. The highest BCUT2D eigenvalue weighted by Crippen LogP contribution is 2.40. The molecular formula is C61H110N2O7Si2. The van der Waals surface area contributed by atoms with Crippen LogP contribution in [0.15, 0.2) is 54.6 Å². The van der Waals surface area contributed by atoms with Gasteiger partial charge in [-0.05, 0) is 125 Å². The number of carboxylic acids is 1. The molecule has 0 aromatic heterocycles. The highest BCUT2D eigenvalue weighted by atomic mass is 28.4. The summed E-state index contributed by atoms with van der Waals surface area (Å²) in [6, 6.07) is 17.9. The molecule has 2 rings (SSSR count). The first kappa shape index (κ1) is 65.4. The highest BCUT2D eigenvalue weighted by molar-refractivity contribution is 6.74. The zero-order valence-electron chi connectivity index (χ0n) is 49.1. The van der Waals surface area contributed by atoms with E-state index in [4.69, 9.17) is 18.3 Å². The molecule has 0 aliphatic heterocycles. The number of rotatable bonds is 38. The van der Waals surface area contributed by atoms with Crippen LogP contribution < -0.4 is 10.1 Å². The summed E-state index contributed by atoms with van der Waals surface area (Å²) in [5.41, 5.74) is -0.288. The Labute approximate surface area is 444 Å². The summed E-state index contributed by atoms with van der Waals surface area (Å²) < 4.78 is 26.6. The van der Waals surface area contributed by atoms with Crippen LogP contribution in [0.5, 0.6) is 5.75 Å². The van der Waals surface area contributed by atoms with Gasteiger partial charge in [0.05, 0.1) is 12.2 Å². The van der Waals surface area contributed by atoms with E-state index in [-0.39, 0.29) is 35.1 Å². The van der Waals surface area contributed by atoms with E-state index >= 15 is 0 Å². The van der Waals surface area contributed by atoms with Crippen LogP contribution in [0.1, 0.15) is 222 Å². The number of nitrogens with zero attached hydrogens (tertiary/aromatic N) is 1. The summed E-state index contributed by atoms with van der Waals surface area (Å²) in [6.45, 7) is 36.1. The van der Waals surface area contributed by atoms with E-state index in [9.17, 15) is 14.7 Å². The van der Waals surface area contributed by atoms with Crippen molar-refractivity contribution in [3.63, 3.8) is 0 Å². The Morgan fingerprint density at radius 1 is 0.583 bits per heavy atom. The number of nitrogens with one attached hydrogen (secondary N) is 1. The minimum absolute atomic E-state index is 0.0476. The number of carboxylic acid groups (broad SMARTS) is 1. The number of amides is 1. The second-order valence-electron chi connectivity index (χ2n) is 25.3. The standard InChI is InChI=1S/C61H110N2O7Si2/c1-16-18-20-22-24-26-28-33-38-54(69-71(12,13)59(6,7)8)48-63(49-55(70-72(14,15)60(9,10)11)39-34-29-27-25-23-21-19-17-2)47-35-45-61(56(64)65,62-57(66)68-58(3,4)5)46-44-51-40-42-53(43-41-51)67-50-52-36-31-30-32-37-52/h30-32,36-37,40-43,54-55H,16-29,33-35,38-39,44-50H2,1-15H3,(H,62,66)(H,64,65)/t54?,55?,61-/m1/s1. The summed E-state index contributed by atoms with van der Waals surface area (Å²) in [6.07, 6.45) is 23.1. The van der Waals surface area contributed by atoms with Gasteiger partial charge in [-0.25, -0.2) is 9.59 Å². The van der Waals surface area contributed by atoms with Crippen molar-refractivity contribution in [1.29, 1.82) is 0 Å². The van der Waals surface area contributed by atoms with Crippen molar-refractivity contribution in [2.24, 2.45) is 0 Å². The number of unbranched alkanes of at least 4 members (excludes halogenated alkanes) is 14. The van der Waals surface area contributed by atoms with E-state index in [2.05, 4.69) is 91.8 Å². The molecule has 0 heterocycles. The molecule has 0 saturated heterocycles. The van der Waals surface area contributed by atoms with Gasteiger partial charge in [0.2, 0.25) is 0 Å². The fraction of sp³-hybridized carbons (Fsp3) is 0.770. The Morgan fingerprint density at radius 2 is 1.03 bits per heavy atom. The van der Waals surface area contributed by atoms with Crippen molar-refractivity contribution in [3.8, 4) is 5.75 Å². The molecule has 2 N–H and O–H groups in total. The Bertz CT molecular complexity index is 1700. The van der Waals surface area contributed by atoms with E-state index in [1.54, 1.807) is 20.8 Å². The zero-order chi connectivity index (χ0) is 53.9. The van der Waals surface area contributed by atoms with Crippen molar-refractivity contribution >= 4 is 28.7 Å². The van der Waals surface area contributed by atoms with E-state index in [1.165, 1.54) is 89.9 Å². The molecule has 11 heteroatoms. The predicted molar refractivity (Wildman–Crippen MR) is 310 cm³/mol. The molecule has 2 aromatic carbocycles. The van der Waals surface area contributed by atoms with Gasteiger partial charge in [-0.1, -0.05) is 201 Å². The van der Waals surface area contributed by atoms with Crippen molar-refractivity contribution in [1.82, 2.24) is 10.2 Å². The van der Waals surface area contributed by atoms with Crippen LogP contribution >= 0.6 is 0 Å². The second kappa shape index (κ2) is 32.7. The number of ether oxygens (including phenoxy) is 2. The highest BCUT2D eigenvalue weighted by Gasteiger charge is 2.43. The van der Waals surface area contributed by atoms with Crippen LogP contribution in [0.3, 0.4) is 0 Å². The maximum Gasteiger partial charge on any atom is 0.408 e. The van der Waals surface area contributed by atoms with Crippen LogP contribution in [-0.4, -0.2) is 81.7 Å². The molecule has 0 spiro atoms. The zero-order valence-corrected chi connectivity index (χ0v) is 51.1. The minimum Gasteiger partial charge on any atom is -0.489 e. The second-order valence-corrected chi connectivity index (χ2v) is 34.8. The van der Waals surface area contributed by atoms with Gasteiger partial charge in [0.1, 0.15) is 23.5 Å². The lowest BCUT2D eigenvalue weighted by atomic mass is 9.86. The third-order valence-corrected chi connectivity index (χ3v) is 24.5. The number of hydrogen-bond donors (Lipinski definition) is 2. The lowest BCUT2D eigenvalue weighted by Gasteiger charge is -2.43. The summed E-state index contributed by atoms with van der Waals surface area (Å²) in [5.74, 6) is -0.305. The lowest BCUT2D eigenvalue weighted by Crippen LogP contribution is -2.56.